The Labute approximate surface area is 331 Å². The van der Waals surface area contributed by atoms with Crippen molar-refractivity contribution < 1.29 is 28.7 Å². The molecule has 0 bridgehead atoms. The Kier molecular flexibility index (Phi) is 9.53. The second kappa shape index (κ2) is 14.1. The zero-order chi connectivity index (χ0) is 39.7. The molecule has 2 aliphatic carbocycles. The fraction of sp³-hybridized carbons (Fsp3) is 0.465. The largest absolute Gasteiger partial charge is 0.489 e. The molecule has 5 aliphatic rings. The van der Waals surface area contributed by atoms with Crippen molar-refractivity contribution in [2.75, 3.05) is 6.54 Å². The minimum Gasteiger partial charge on any atom is -0.489 e. The van der Waals surface area contributed by atoms with Crippen LogP contribution < -0.4 is 15.4 Å². The Morgan fingerprint density at radius 2 is 1.61 bits per heavy atom. The van der Waals surface area contributed by atoms with E-state index >= 15 is 0 Å². The molecular formula is C43H45ClN6O6. The number of ether oxygens (including phenoxy) is 1. The smallest absolute Gasteiger partial charge is 0.262 e. The first kappa shape index (κ1) is 37.8. The van der Waals surface area contributed by atoms with E-state index in [0.717, 1.165) is 53.9 Å². The van der Waals surface area contributed by atoms with Crippen LogP contribution in [0, 0.1) is 23.3 Å². The van der Waals surface area contributed by atoms with E-state index in [1.165, 1.54) is 0 Å². The summed E-state index contributed by atoms with van der Waals surface area (Å²) in [6, 6.07) is 11.5. The number of aromatic nitrogens is 1. The van der Waals surface area contributed by atoms with Gasteiger partial charge in [-0.25, -0.2) is 4.85 Å². The van der Waals surface area contributed by atoms with Crippen LogP contribution in [0.25, 0.3) is 4.85 Å². The summed E-state index contributed by atoms with van der Waals surface area (Å²) in [5.74, 6) is -0.672. The summed E-state index contributed by atoms with van der Waals surface area (Å²) in [4.78, 5) is 75.7. The summed E-state index contributed by atoms with van der Waals surface area (Å²) in [5, 5.41) is 5.85. The van der Waals surface area contributed by atoms with Gasteiger partial charge in [0.05, 0.1) is 28.3 Å². The van der Waals surface area contributed by atoms with Gasteiger partial charge in [-0.05, 0) is 85.5 Å². The zero-order valence-electron chi connectivity index (χ0n) is 32.0. The second-order valence-electron chi connectivity index (χ2n) is 17.2. The Morgan fingerprint density at radius 1 is 0.946 bits per heavy atom. The topological polar surface area (TPSA) is 142 Å². The minimum atomic E-state index is -0.966. The molecule has 2 N–H and O–H groups in total. The molecule has 2 aromatic carbocycles. The molecule has 8 rings (SSSR count). The van der Waals surface area contributed by atoms with Crippen molar-refractivity contribution in [1.29, 1.82) is 0 Å². The van der Waals surface area contributed by atoms with Gasteiger partial charge in [-0.1, -0.05) is 45.4 Å². The van der Waals surface area contributed by atoms with Crippen LogP contribution in [0.2, 0.25) is 5.02 Å². The fourth-order valence-corrected chi connectivity index (χ4v) is 10.4. The molecule has 290 valence electrons. The van der Waals surface area contributed by atoms with Crippen molar-refractivity contribution in [3.63, 3.8) is 0 Å². The zero-order valence-corrected chi connectivity index (χ0v) is 32.7. The molecule has 13 heteroatoms. The number of hydrogen-bond donors (Lipinski definition) is 2. The predicted molar refractivity (Wildman–Crippen MR) is 207 cm³/mol. The summed E-state index contributed by atoms with van der Waals surface area (Å²) < 4.78 is 6.37. The Balaban J connectivity index is 0.822. The molecule has 1 saturated heterocycles. The van der Waals surface area contributed by atoms with E-state index in [0.29, 0.717) is 58.1 Å². The summed E-state index contributed by atoms with van der Waals surface area (Å²) in [5.41, 5.74) is 3.89. The number of imide groups is 2. The summed E-state index contributed by atoms with van der Waals surface area (Å²) in [7, 11) is 0. The van der Waals surface area contributed by atoms with Gasteiger partial charge in [-0.2, -0.15) is 0 Å². The van der Waals surface area contributed by atoms with E-state index in [2.05, 4.69) is 48.1 Å². The molecule has 1 aromatic heterocycles. The van der Waals surface area contributed by atoms with E-state index in [-0.39, 0.29) is 41.7 Å². The van der Waals surface area contributed by atoms with Crippen LogP contribution in [0.3, 0.4) is 0 Å². The first-order valence-corrected chi connectivity index (χ1v) is 19.7. The molecule has 1 atom stereocenters. The Hall–Kier alpha value is -5.12. The molecule has 4 heterocycles. The normalized spacial score (nSPS) is 26.5. The third-order valence-corrected chi connectivity index (χ3v) is 13.1. The van der Waals surface area contributed by atoms with E-state index in [4.69, 9.17) is 27.9 Å². The standard InChI is InChI=1S/C43H45ClN6O6/c1-42(2)40(43(3,4)41(42)56-28-11-13-33(45-5)31(44)18-28)48-36(52)25-10-12-32(46-19-25)24-8-6-23(7-9-24)20-49-21-26-16-29-30(17-27(26)22-49)39(55)50(38(29)54)34-14-15-35(51)47-37(34)53/h10-13,16-19,23-24,34,40-41H,6-9,14-15,20-22H2,1-4H3,(H,48,52)(H,47,51,53). The lowest BCUT2D eigenvalue weighted by atomic mass is 9.49. The number of fused-ring (bicyclic) bond motifs is 2. The molecule has 0 radical (unpaired) electrons. The van der Waals surface area contributed by atoms with Crippen LogP contribution in [0.4, 0.5) is 5.69 Å². The monoisotopic (exact) mass is 776 g/mol. The SMILES string of the molecule is [C-]#[N+]c1ccc(OC2C(C)(C)C(NC(=O)c3ccc(C4CCC(CN5Cc6cc7c(cc6C5)C(=O)N(C5CCC(=O)NC5=O)C7=O)CC4)nc3)C2(C)C)cc1Cl. The Bertz CT molecular complexity index is 2140. The van der Waals surface area contributed by atoms with Gasteiger partial charge < -0.3 is 10.1 Å². The molecule has 56 heavy (non-hydrogen) atoms. The van der Waals surface area contributed by atoms with Crippen LogP contribution >= 0.6 is 11.6 Å². The summed E-state index contributed by atoms with van der Waals surface area (Å²) >= 11 is 6.25. The van der Waals surface area contributed by atoms with Gasteiger partial charge in [0, 0.05) is 60.7 Å². The molecule has 0 spiro atoms. The number of amides is 5. The first-order chi connectivity index (χ1) is 26.6. The number of nitrogens with zero attached hydrogens (tertiary/aromatic N) is 4. The highest BCUT2D eigenvalue weighted by Crippen LogP contribution is 2.56. The number of nitrogens with one attached hydrogen (secondary N) is 2. The van der Waals surface area contributed by atoms with Crippen molar-refractivity contribution >= 4 is 46.8 Å². The van der Waals surface area contributed by atoms with E-state index < -0.39 is 29.7 Å². The highest BCUT2D eigenvalue weighted by molar-refractivity contribution is 6.33. The number of piperidine rings is 1. The van der Waals surface area contributed by atoms with Crippen molar-refractivity contribution in [1.82, 2.24) is 25.4 Å². The minimum absolute atomic E-state index is 0.0936. The average Bonchev–Trinajstić information content (AvgIpc) is 3.67. The number of halogens is 1. The van der Waals surface area contributed by atoms with Crippen LogP contribution in [0.15, 0.2) is 48.7 Å². The summed E-state index contributed by atoms with van der Waals surface area (Å²) in [6.07, 6.45) is 5.86. The van der Waals surface area contributed by atoms with E-state index in [9.17, 15) is 24.0 Å². The van der Waals surface area contributed by atoms with Crippen molar-refractivity contribution in [2.24, 2.45) is 16.7 Å². The molecule has 2 saturated carbocycles. The molecule has 3 aromatic rings. The van der Waals surface area contributed by atoms with Gasteiger partial charge in [-0.15, -0.1) is 0 Å². The molecule has 1 unspecified atom stereocenters. The third kappa shape index (κ3) is 6.54. The first-order valence-electron chi connectivity index (χ1n) is 19.4. The van der Waals surface area contributed by atoms with Crippen LogP contribution in [0.5, 0.6) is 5.75 Å². The van der Waals surface area contributed by atoms with Crippen LogP contribution in [-0.2, 0) is 22.7 Å². The third-order valence-electron chi connectivity index (χ3n) is 12.8. The quantitative estimate of drug-likeness (QED) is 0.193. The molecule has 5 amide bonds. The van der Waals surface area contributed by atoms with E-state index in [1.807, 2.05) is 24.3 Å². The fourth-order valence-electron chi connectivity index (χ4n) is 10.2. The van der Waals surface area contributed by atoms with Gasteiger partial charge >= 0.3 is 0 Å². The van der Waals surface area contributed by atoms with Gasteiger partial charge in [0.1, 0.15) is 17.9 Å². The van der Waals surface area contributed by atoms with Crippen molar-refractivity contribution in [2.45, 2.75) is 103 Å². The molecular weight excluding hydrogens is 732 g/mol. The number of carbonyl (C=O) groups is 5. The lowest BCUT2D eigenvalue weighted by Gasteiger charge is -2.63. The van der Waals surface area contributed by atoms with Crippen LogP contribution in [-0.4, -0.2) is 69.1 Å². The van der Waals surface area contributed by atoms with Crippen molar-refractivity contribution in [3.8, 4) is 5.75 Å². The number of rotatable bonds is 8. The van der Waals surface area contributed by atoms with Gasteiger partial charge in [0.15, 0.2) is 0 Å². The number of pyridine rings is 1. The maximum absolute atomic E-state index is 13.5. The Morgan fingerprint density at radius 3 is 2.18 bits per heavy atom. The summed E-state index contributed by atoms with van der Waals surface area (Å²) in [6.45, 7) is 17.9. The van der Waals surface area contributed by atoms with E-state index in [1.54, 1.807) is 24.4 Å². The second-order valence-corrected chi connectivity index (χ2v) is 17.7. The van der Waals surface area contributed by atoms with Gasteiger partial charge in [0.25, 0.3) is 17.7 Å². The maximum atomic E-state index is 13.5. The molecule has 12 nitrogen and oxygen atoms in total. The number of carbonyl (C=O) groups excluding carboxylic acids is 5. The van der Waals surface area contributed by atoms with Crippen molar-refractivity contribution in [3.05, 3.63) is 98.6 Å². The predicted octanol–water partition coefficient (Wildman–Crippen LogP) is 6.59. The lowest BCUT2D eigenvalue weighted by molar-refractivity contribution is -0.164. The van der Waals surface area contributed by atoms with Gasteiger partial charge in [0.2, 0.25) is 17.5 Å². The lowest BCUT2D eigenvalue weighted by Crippen LogP contribution is -2.74. The number of hydrogen-bond acceptors (Lipinski definition) is 8. The molecule has 3 fully saturated rings. The highest BCUT2D eigenvalue weighted by Gasteiger charge is 2.64. The highest BCUT2D eigenvalue weighted by atomic mass is 35.5. The van der Waals surface area contributed by atoms with Gasteiger partial charge in [-0.3, -0.25) is 44.1 Å². The number of benzene rings is 2. The maximum Gasteiger partial charge on any atom is 0.262 e. The molecule has 3 aliphatic heterocycles. The van der Waals surface area contributed by atoms with Crippen LogP contribution in [0.1, 0.15) is 120 Å². The average molecular weight is 777 g/mol.